The highest BCUT2D eigenvalue weighted by molar-refractivity contribution is 7.86. The van der Waals surface area contributed by atoms with Gasteiger partial charge < -0.3 is 5.73 Å². The van der Waals surface area contributed by atoms with Crippen LogP contribution in [0.25, 0.3) is 0 Å². The van der Waals surface area contributed by atoms with Crippen molar-refractivity contribution in [2.24, 2.45) is 0 Å². The molecule has 1 atom stereocenters. The number of hydrogen-bond acceptors (Lipinski definition) is 4. The van der Waals surface area contributed by atoms with Gasteiger partial charge in [-0.2, -0.15) is 8.42 Å². The van der Waals surface area contributed by atoms with E-state index in [-0.39, 0.29) is 11.0 Å². The second-order valence-corrected chi connectivity index (χ2v) is 4.91. The highest BCUT2D eigenvalue weighted by atomic mass is 32.2. The maximum atomic E-state index is 11.6. The van der Waals surface area contributed by atoms with Gasteiger partial charge in [-0.25, -0.2) is 0 Å². The highest BCUT2D eigenvalue weighted by Gasteiger charge is 2.17. The predicted octanol–water partition coefficient (Wildman–Crippen LogP) is 1.77. The van der Waals surface area contributed by atoms with Crippen LogP contribution < -0.4 is 5.73 Å². The van der Waals surface area contributed by atoms with Crippen molar-refractivity contribution in [3.8, 4) is 0 Å². The Morgan fingerprint density at radius 2 is 1.87 bits per heavy atom. The molecular formula is C10H15NO3S. The van der Waals surface area contributed by atoms with Crippen molar-refractivity contribution >= 4 is 15.8 Å². The molecule has 1 aromatic rings. The summed E-state index contributed by atoms with van der Waals surface area (Å²) < 4.78 is 28.2. The summed E-state index contributed by atoms with van der Waals surface area (Å²) in [7, 11) is -3.64. The molecule has 0 bridgehead atoms. The molecule has 1 rings (SSSR count). The van der Waals surface area contributed by atoms with Gasteiger partial charge in [-0.3, -0.25) is 4.18 Å². The van der Waals surface area contributed by atoms with Crippen molar-refractivity contribution in [1.82, 2.24) is 0 Å². The highest BCUT2D eigenvalue weighted by Crippen LogP contribution is 2.16. The lowest BCUT2D eigenvalue weighted by Gasteiger charge is -2.10. The van der Waals surface area contributed by atoms with Gasteiger partial charge in [0.1, 0.15) is 0 Å². The smallest absolute Gasteiger partial charge is 0.297 e. The second-order valence-electron chi connectivity index (χ2n) is 3.34. The van der Waals surface area contributed by atoms with Crippen molar-refractivity contribution in [2.45, 2.75) is 31.3 Å². The molecule has 0 saturated heterocycles. The minimum Gasteiger partial charge on any atom is -0.399 e. The molecule has 15 heavy (non-hydrogen) atoms. The molecule has 0 aliphatic carbocycles. The van der Waals surface area contributed by atoms with Crippen LogP contribution in [-0.2, 0) is 14.3 Å². The van der Waals surface area contributed by atoms with Crippen LogP contribution >= 0.6 is 0 Å². The zero-order chi connectivity index (χ0) is 11.5. The molecule has 0 saturated carbocycles. The summed E-state index contributed by atoms with van der Waals surface area (Å²) in [5.74, 6) is 0. The largest absolute Gasteiger partial charge is 0.399 e. The van der Waals surface area contributed by atoms with Crippen molar-refractivity contribution in [2.75, 3.05) is 5.73 Å². The van der Waals surface area contributed by atoms with Crippen LogP contribution in [-0.4, -0.2) is 14.5 Å². The number of anilines is 1. The van der Waals surface area contributed by atoms with Crippen LogP contribution in [0.3, 0.4) is 0 Å². The molecule has 0 heterocycles. The average molecular weight is 229 g/mol. The molecule has 0 amide bonds. The van der Waals surface area contributed by atoms with E-state index in [1.807, 2.05) is 6.92 Å². The van der Waals surface area contributed by atoms with Crippen LogP contribution in [0, 0.1) is 0 Å². The molecule has 84 valence electrons. The van der Waals surface area contributed by atoms with E-state index >= 15 is 0 Å². The van der Waals surface area contributed by atoms with Crippen molar-refractivity contribution in [1.29, 1.82) is 0 Å². The predicted molar refractivity (Wildman–Crippen MR) is 58.9 cm³/mol. The lowest BCUT2D eigenvalue weighted by atomic mass is 10.3. The van der Waals surface area contributed by atoms with Crippen molar-refractivity contribution in [3.63, 3.8) is 0 Å². The maximum absolute atomic E-state index is 11.6. The van der Waals surface area contributed by atoms with Crippen LogP contribution in [0.1, 0.15) is 20.3 Å². The first-order valence-corrected chi connectivity index (χ1v) is 6.15. The summed E-state index contributed by atoms with van der Waals surface area (Å²) in [6, 6.07) is 5.94. The molecule has 0 radical (unpaired) electrons. The van der Waals surface area contributed by atoms with Gasteiger partial charge >= 0.3 is 0 Å². The minimum atomic E-state index is -3.64. The van der Waals surface area contributed by atoms with Gasteiger partial charge in [-0.1, -0.05) is 6.92 Å². The monoisotopic (exact) mass is 229 g/mol. The standard InChI is InChI=1S/C10H15NO3S/c1-3-8(2)14-15(12,13)10-6-4-9(11)5-7-10/h4-8H,3,11H2,1-2H3/t8-/m1/s1. The zero-order valence-electron chi connectivity index (χ0n) is 8.80. The molecular weight excluding hydrogens is 214 g/mol. The first-order chi connectivity index (χ1) is 6.95. The Morgan fingerprint density at radius 3 is 2.33 bits per heavy atom. The van der Waals surface area contributed by atoms with E-state index in [2.05, 4.69) is 0 Å². The molecule has 0 fully saturated rings. The number of benzene rings is 1. The summed E-state index contributed by atoms with van der Waals surface area (Å²) in [5.41, 5.74) is 5.99. The Bertz CT molecular complexity index is 411. The molecule has 0 unspecified atom stereocenters. The summed E-state index contributed by atoms with van der Waals surface area (Å²) in [5, 5.41) is 0. The van der Waals surface area contributed by atoms with Crippen LogP contribution in [0.4, 0.5) is 5.69 Å². The lowest BCUT2D eigenvalue weighted by Crippen LogP contribution is -2.14. The fraction of sp³-hybridized carbons (Fsp3) is 0.400. The zero-order valence-corrected chi connectivity index (χ0v) is 9.62. The third-order valence-corrected chi connectivity index (χ3v) is 3.47. The van der Waals surface area contributed by atoms with E-state index in [1.165, 1.54) is 24.3 Å². The Hall–Kier alpha value is -1.07. The number of hydrogen-bond donors (Lipinski definition) is 1. The second kappa shape index (κ2) is 4.63. The maximum Gasteiger partial charge on any atom is 0.297 e. The Balaban J connectivity index is 2.91. The van der Waals surface area contributed by atoms with E-state index < -0.39 is 10.1 Å². The van der Waals surface area contributed by atoms with Gasteiger partial charge in [-0.15, -0.1) is 0 Å². The van der Waals surface area contributed by atoms with E-state index in [0.29, 0.717) is 12.1 Å². The Morgan fingerprint density at radius 1 is 1.33 bits per heavy atom. The number of rotatable bonds is 4. The molecule has 1 aromatic carbocycles. The van der Waals surface area contributed by atoms with E-state index in [4.69, 9.17) is 9.92 Å². The first kappa shape index (κ1) is 12.0. The van der Waals surface area contributed by atoms with Gasteiger partial charge in [0.05, 0.1) is 11.0 Å². The SMILES string of the molecule is CC[C@@H](C)OS(=O)(=O)c1ccc(N)cc1. The van der Waals surface area contributed by atoms with E-state index in [1.54, 1.807) is 6.92 Å². The van der Waals surface area contributed by atoms with E-state index in [9.17, 15) is 8.42 Å². The van der Waals surface area contributed by atoms with Gasteiger partial charge in [0.15, 0.2) is 0 Å². The van der Waals surface area contributed by atoms with Crippen molar-refractivity contribution < 1.29 is 12.6 Å². The minimum absolute atomic E-state index is 0.136. The molecule has 0 spiro atoms. The van der Waals surface area contributed by atoms with Gasteiger partial charge in [0.25, 0.3) is 10.1 Å². The van der Waals surface area contributed by atoms with Crippen LogP contribution in [0.15, 0.2) is 29.2 Å². The third kappa shape index (κ3) is 3.21. The molecule has 0 aliphatic rings. The molecule has 0 aromatic heterocycles. The van der Waals surface area contributed by atoms with Crippen LogP contribution in [0.5, 0.6) is 0 Å². The number of nitrogen functional groups attached to an aromatic ring is 1. The number of nitrogens with two attached hydrogens (primary N) is 1. The summed E-state index contributed by atoms with van der Waals surface area (Å²) in [6.45, 7) is 3.58. The van der Waals surface area contributed by atoms with Crippen LogP contribution in [0.2, 0.25) is 0 Å². The van der Waals surface area contributed by atoms with Gasteiger partial charge in [0.2, 0.25) is 0 Å². The molecule has 0 aliphatic heterocycles. The molecule has 4 nitrogen and oxygen atoms in total. The Labute approximate surface area is 90.2 Å². The van der Waals surface area contributed by atoms with Gasteiger partial charge in [-0.05, 0) is 37.6 Å². The third-order valence-electron chi connectivity index (χ3n) is 2.03. The molecule has 2 N–H and O–H groups in total. The van der Waals surface area contributed by atoms with E-state index in [0.717, 1.165) is 0 Å². The lowest BCUT2D eigenvalue weighted by molar-refractivity contribution is 0.224. The summed E-state index contributed by atoms with van der Waals surface area (Å²) in [6.07, 6.45) is 0.335. The first-order valence-electron chi connectivity index (χ1n) is 4.74. The summed E-state index contributed by atoms with van der Waals surface area (Å²) in [4.78, 5) is 0.136. The summed E-state index contributed by atoms with van der Waals surface area (Å²) >= 11 is 0. The topological polar surface area (TPSA) is 69.4 Å². The van der Waals surface area contributed by atoms with Gasteiger partial charge in [0, 0.05) is 5.69 Å². The fourth-order valence-corrected chi connectivity index (χ4v) is 2.12. The Kier molecular flexibility index (Phi) is 3.71. The van der Waals surface area contributed by atoms with Crippen molar-refractivity contribution in [3.05, 3.63) is 24.3 Å². The molecule has 5 heteroatoms. The fourth-order valence-electron chi connectivity index (χ4n) is 0.974. The average Bonchev–Trinajstić information content (AvgIpc) is 2.17. The quantitative estimate of drug-likeness (QED) is 0.631. The normalized spacial score (nSPS) is 13.7.